The van der Waals surface area contributed by atoms with Crippen LogP contribution in [0.2, 0.25) is 0 Å². The lowest BCUT2D eigenvalue weighted by molar-refractivity contribution is 0.0701. The minimum atomic E-state index is -0.953. The van der Waals surface area contributed by atoms with Crippen molar-refractivity contribution < 1.29 is 19.4 Å². The number of hydrogen-bond acceptors (Lipinski definition) is 5. The Morgan fingerprint density at radius 3 is 2.47 bits per heavy atom. The second kappa shape index (κ2) is 5.71. The number of carboxylic acid groups (broad SMARTS) is 1. The minimum Gasteiger partial charge on any atom is -0.497 e. The molecule has 0 saturated heterocycles. The summed E-state index contributed by atoms with van der Waals surface area (Å²) >= 11 is 1.13. The lowest BCUT2D eigenvalue weighted by Gasteiger charge is -2.04. The Morgan fingerprint density at radius 2 is 1.95 bits per heavy atom. The Hall–Kier alpha value is -2.08. The van der Waals surface area contributed by atoms with Gasteiger partial charge in [0.15, 0.2) is 0 Å². The van der Waals surface area contributed by atoms with Gasteiger partial charge in [0.05, 0.1) is 12.8 Å². The highest BCUT2D eigenvalue weighted by Crippen LogP contribution is 2.21. The molecule has 19 heavy (non-hydrogen) atoms. The molecule has 0 spiro atoms. The summed E-state index contributed by atoms with van der Waals surface area (Å²) in [4.78, 5) is 15.3. The molecular formula is C13H13NO4S. The quantitative estimate of drug-likeness (QED) is 0.911. The molecule has 0 fully saturated rings. The first-order valence-corrected chi connectivity index (χ1v) is 6.38. The minimum absolute atomic E-state index is 0.255. The number of aromatic nitrogens is 1. The van der Waals surface area contributed by atoms with Crippen LogP contribution in [-0.4, -0.2) is 23.2 Å². The van der Waals surface area contributed by atoms with Gasteiger partial charge in [0, 0.05) is 0 Å². The van der Waals surface area contributed by atoms with Crippen molar-refractivity contribution in [2.75, 3.05) is 7.11 Å². The van der Waals surface area contributed by atoms with Crippen LogP contribution in [0, 0.1) is 6.92 Å². The molecule has 0 atom stereocenters. The van der Waals surface area contributed by atoms with Crippen LogP contribution in [0.1, 0.15) is 20.4 Å². The number of hydrogen-bond donors (Lipinski definition) is 1. The maximum atomic E-state index is 10.9. The number of carboxylic acids is 1. The predicted octanol–water partition coefficient (Wildman–Crippen LogP) is 2.74. The normalized spacial score (nSPS) is 10.2. The van der Waals surface area contributed by atoms with Crippen molar-refractivity contribution >= 4 is 17.3 Å². The Balaban J connectivity index is 2.01. The zero-order valence-electron chi connectivity index (χ0n) is 10.5. The van der Waals surface area contributed by atoms with Crippen LogP contribution in [0.4, 0.5) is 0 Å². The monoisotopic (exact) mass is 279 g/mol. The van der Waals surface area contributed by atoms with E-state index in [-0.39, 0.29) is 11.5 Å². The molecule has 5 nitrogen and oxygen atoms in total. The first-order chi connectivity index (χ1) is 9.10. The lowest BCUT2D eigenvalue weighted by Crippen LogP contribution is -1.95. The van der Waals surface area contributed by atoms with E-state index in [0.29, 0.717) is 16.5 Å². The molecule has 0 bridgehead atoms. The second-order valence-electron chi connectivity index (χ2n) is 3.79. The van der Waals surface area contributed by atoms with Crippen molar-refractivity contribution in [3.63, 3.8) is 0 Å². The summed E-state index contributed by atoms with van der Waals surface area (Å²) in [5.41, 5.74) is 0.519. The van der Waals surface area contributed by atoms with Crippen molar-refractivity contribution in [3.8, 4) is 11.5 Å². The van der Waals surface area contributed by atoms with E-state index in [1.54, 1.807) is 38.3 Å². The summed E-state index contributed by atoms with van der Waals surface area (Å²) < 4.78 is 10.6. The number of benzene rings is 1. The molecule has 1 aromatic carbocycles. The van der Waals surface area contributed by atoms with Crippen LogP contribution in [0.25, 0.3) is 0 Å². The highest BCUT2D eigenvalue weighted by atomic mass is 32.1. The summed E-state index contributed by atoms with van der Waals surface area (Å²) in [5.74, 6) is 0.488. The lowest BCUT2D eigenvalue weighted by atomic mass is 10.3. The molecule has 0 aliphatic rings. The van der Waals surface area contributed by atoms with Crippen molar-refractivity contribution in [2.24, 2.45) is 0 Å². The zero-order chi connectivity index (χ0) is 13.8. The number of thiazole rings is 1. The van der Waals surface area contributed by atoms with Crippen LogP contribution < -0.4 is 9.47 Å². The molecule has 2 rings (SSSR count). The summed E-state index contributed by atoms with van der Waals surface area (Å²) in [6.07, 6.45) is 0. The van der Waals surface area contributed by atoms with Gasteiger partial charge in [0.25, 0.3) is 0 Å². The average molecular weight is 279 g/mol. The van der Waals surface area contributed by atoms with Gasteiger partial charge in [-0.3, -0.25) is 0 Å². The van der Waals surface area contributed by atoms with E-state index in [1.165, 1.54) is 0 Å². The molecule has 0 saturated carbocycles. The zero-order valence-corrected chi connectivity index (χ0v) is 11.4. The number of aromatic carboxylic acids is 1. The number of nitrogens with zero attached hydrogens (tertiary/aromatic N) is 1. The van der Waals surface area contributed by atoms with E-state index in [2.05, 4.69) is 4.98 Å². The Kier molecular flexibility index (Phi) is 4.01. The maximum Gasteiger partial charge on any atom is 0.347 e. The van der Waals surface area contributed by atoms with Gasteiger partial charge < -0.3 is 14.6 Å². The molecular weight excluding hydrogens is 266 g/mol. The van der Waals surface area contributed by atoms with Gasteiger partial charge in [-0.05, 0) is 31.2 Å². The highest BCUT2D eigenvalue weighted by Gasteiger charge is 2.14. The molecule has 0 unspecified atom stereocenters. The number of ether oxygens (including phenoxy) is 2. The van der Waals surface area contributed by atoms with Gasteiger partial charge in [-0.25, -0.2) is 9.78 Å². The number of aryl methyl sites for hydroxylation is 1. The van der Waals surface area contributed by atoms with E-state index in [0.717, 1.165) is 17.1 Å². The third kappa shape index (κ3) is 3.23. The molecule has 0 aliphatic heterocycles. The molecule has 0 aliphatic carbocycles. The highest BCUT2D eigenvalue weighted by molar-refractivity contribution is 7.13. The van der Waals surface area contributed by atoms with Crippen LogP contribution in [0.5, 0.6) is 11.5 Å². The van der Waals surface area contributed by atoms with Crippen LogP contribution >= 0.6 is 11.3 Å². The molecule has 2 aromatic rings. The molecule has 0 amide bonds. The summed E-state index contributed by atoms with van der Waals surface area (Å²) in [5, 5.41) is 9.58. The maximum absolute atomic E-state index is 10.9. The first-order valence-electron chi connectivity index (χ1n) is 5.56. The molecule has 1 N–H and O–H groups in total. The summed E-state index contributed by atoms with van der Waals surface area (Å²) in [7, 11) is 1.60. The Bertz CT molecular complexity index is 577. The third-order valence-electron chi connectivity index (χ3n) is 2.46. The van der Waals surface area contributed by atoms with E-state index in [9.17, 15) is 4.79 Å². The average Bonchev–Trinajstić information content (AvgIpc) is 2.78. The fourth-order valence-electron chi connectivity index (χ4n) is 1.53. The SMILES string of the molecule is COc1ccc(OCc2nc(C)c(C(=O)O)s2)cc1. The Labute approximate surface area is 114 Å². The van der Waals surface area contributed by atoms with Crippen molar-refractivity contribution in [1.82, 2.24) is 4.98 Å². The van der Waals surface area contributed by atoms with Gasteiger partial charge in [0.1, 0.15) is 28.0 Å². The largest absolute Gasteiger partial charge is 0.497 e. The van der Waals surface area contributed by atoms with Crippen LogP contribution in [0.15, 0.2) is 24.3 Å². The van der Waals surface area contributed by atoms with Crippen LogP contribution in [-0.2, 0) is 6.61 Å². The van der Waals surface area contributed by atoms with Crippen molar-refractivity contribution in [2.45, 2.75) is 13.5 Å². The fourth-order valence-corrected chi connectivity index (χ4v) is 2.35. The van der Waals surface area contributed by atoms with Crippen LogP contribution in [0.3, 0.4) is 0 Å². The third-order valence-corrected chi connectivity index (χ3v) is 3.58. The molecule has 1 aromatic heterocycles. The summed E-state index contributed by atoms with van der Waals surface area (Å²) in [6.45, 7) is 1.93. The Morgan fingerprint density at radius 1 is 1.32 bits per heavy atom. The predicted molar refractivity (Wildman–Crippen MR) is 71.1 cm³/mol. The number of rotatable bonds is 5. The standard InChI is InChI=1S/C13H13NO4S/c1-8-12(13(15)16)19-11(14-8)7-18-10-5-3-9(17-2)4-6-10/h3-6H,7H2,1-2H3,(H,15,16). The smallest absolute Gasteiger partial charge is 0.347 e. The van der Waals surface area contributed by atoms with Gasteiger partial charge in [-0.15, -0.1) is 11.3 Å². The molecule has 1 heterocycles. The van der Waals surface area contributed by atoms with Crippen molar-refractivity contribution in [1.29, 1.82) is 0 Å². The first kappa shape index (κ1) is 13.4. The van der Waals surface area contributed by atoms with E-state index >= 15 is 0 Å². The summed E-state index contributed by atoms with van der Waals surface area (Å²) in [6, 6.07) is 7.17. The molecule has 100 valence electrons. The fraction of sp³-hybridized carbons (Fsp3) is 0.231. The van der Waals surface area contributed by atoms with Gasteiger partial charge in [0.2, 0.25) is 0 Å². The molecule has 6 heteroatoms. The van der Waals surface area contributed by atoms with Crippen molar-refractivity contribution in [3.05, 3.63) is 39.8 Å². The van der Waals surface area contributed by atoms with Gasteiger partial charge >= 0.3 is 5.97 Å². The molecule has 0 radical (unpaired) electrons. The second-order valence-corrected chi connectivity index (χ2v) is 4.88. The van der Waals surface area contributed by atoms with E-state index < -0.39 is 5.97 Å². The van der Waals surface area contributed by atoms with Gasteiger partial charge in [-0.1, -0.05) is 0 Å². The number of carbonyl (C=O) groups is 1. The number of methoxy groups -OCH3 is 1. The van der Waals surface area contributed by atoms with E-state index in [1.807, 2.05) is 0 Å². The van der Waals surface area contributed by atoms with E-state index in [4.69, 9.17) is 14.6 Å². The van der Waals surface area contributed by atoms with Gasteiger partial charge in [-0.2, -0.15) is 0 Å². The topological polar surface area (TPSA) is 68.7 Å².